The Morgan fingerprint density at radius 1 is 1.21 bits per heavy atom. The number of rotatable bonds is 5. The van der Waals surface area contributed by atoms with E-state index in [1.807, 2.05) is 31.2 Å². The topological polar surface area (TPSA) is 77.2 Å². The van der Waals surface area contributed by atoms with Crippen molar-refractivity contribution in [3.63, 3.8) is 0 Å². The van der Waals surface area contributed by atoms with Crippen LogP contribution in [0.15, 0.2) is 53.1 Å². The highest BCUT2D eigenvalue weighted by atomic mass is 16.5. The average Bonchev–Trinajstić information content (AvgIpc) is 3.09. The number of ether oxygens (including phenoxy) is 1. The van der Waals surface area contributed by atoms with Gasteiger partial charge in [0, 0.05) is 11.1 Å². The number of hydrogen-bond acceptors (Lipinski definition) is 5. The van der Waals surface area contributed by atoms with E-state index in [0.717, 1.165) is 11.1 Å². The molecule has 0 spiro atoms. The predicted octanol–water partition coefficient (Wildman–Crippen LogP) is 2.98. The molecule has 0 saturated carbocycles. The molecule has 0 aliphatic heterocycles. The molecule has 0 atom stereocenters. The second-order valence-electron chi connectivity index (χ2n) is 5.29. The third-order valence-electron chi connectivity index (χ3n) is 3.51. The Hall–Kier alpha value is -3.15. The number of amides is 1. The summed E-state index contributed by atoms with van der Waals surface area (Å²) in [5.41, 5.74) is 2.54. The summed E-state index contributed by atoms with van der Waals surface area (Å²) >= 11 is 0. The van der Waals surface area contributed by atoms with Gasteiger partial charge in [-0.15, -0.1) is 0 Å². The van der Waals surface area contributed by atoms with Gasteiger partial charge in [0.25, 0.3) is 5.91 Å². The third-order valence-corrected chi connectivity index (χ3v) is 3.51. The molecule has 24 heavy (non-hydrogen) atoms. The highest BCUT2D eigenvalue weighted by Crippen LogP contribution is 2.16. The van der Waals surface area contributed by atoms with Crippen LogP contribution < -0.4 is 10.1 Å². The van der Waals surface area contributed by atoms with Crippen LogP contribution in [-0.2, 0) is 6.54 Å². The average molecular weight is 323 g/mol. The normalized spacial score (nSPS) is 10.4. The summed E-state index contributed by atoms with van der Waals surface area (Å²) in [6.07, 6.45) is 0. The Balaban J connectivity index is 1.64. The largest absolute Gasteiger partial charge is 0.497 e. The number of carbonyl (C=O) groups is 1. The van der Waals surface area contributed by atoms with Gasteiger partial charge in [0.05, 0.1) is 13.7 Å². The Kier molecular flexibility index (Phi) is 4.56. The molecule has 6 heteroatoms. The fourth-order valence-electron chi connectivity index (χ4n) is 2.17. The van der Waals surface area contributed by atoms with Gasteiger partial charge >= 0.3 is 0 Å². The molecule has 1 heterocycles. The van der Waals surface area contributed by atoms with Crippen LogP contribution in [0.4, 0.5) is 0 Å². The van der Waals surface area contributed by atoms with Gasteiger partial charge in [0.1, 0.15) is 5.75 Å². The molecular weight excluding hydrogens is 306 g/mol. The molecule has 3 aromatic rings. The maximum Gasteiger partial charge on any atom is 0.251 e. The summed E-state index contributed by atoms with van der Waals surface area (Å²) in [5, 5.41) is 6.69. The first-order chi connectivity index (χ1) is 11.7. The quantitative estimate of drug-likeness (QED) is 0.781. The molecule has 0 radical (unpaired) electrons. The van der Waals surface area contributed by atoms with E-state index < -0.39 is 0 Å². The van der Waals surface area contributed by atoms with Crippen molar-refractivity contribution in [1.29, 1.82) is 0 Å². The van der Waals surface area contributed by atoms with Crippen molar-refractivity contribution in [2.45, 2.75) is 13.5 Å². The second kappa shape index (κ2) is 6.95. The van der Waals surface area contributed by atoms with Crippen LogP contribution in [0.25, 0.3) is 11.4 Å². The van der Waals surface area contributed by atoms with Crippen LogP contribution in [0, 0.1) is 6.92 Å². The minimum absolute atomic E-state index is 0.162. The van der Waals surface area contributed by atoms with Gasteiger partial charge in [-0.2, -0.15) is 4.98 Å². The van der Waals surface area contributed by atoms with Crippen LogP contribution in [0.3, 0.4) is 0 Å². The smallest absolute Gasteiger partial charge is 0.251 e. The number of nitrogens with zero attached hydrogens (tertiary/aromatic N) is 2. The lowest BCUT2D eigenvalue weighted by Crippen LogP contribution is -2.22. The Morgan fingerprint density at radius 2 is 2.00 bits per heavy atom. The van der Waals surface area contributed by atoms with Gasteiger partial charge in [-0.25, -0.2) is 0 Å². The molecule has 0 aliphatic carbocycles. The lowest BCUT2D eigenvalue weighted by molar-refractivity contribution is 0.0946. The molecule has 1 aromatic heterocycles. The molecule has 0 saturated heterocycles. The minimum Gasteiger partial charge on any atom is -0.497 e. The third kappa shape index (κ3) is 3.60. The van der Waals surface area contributed by atoms with Crippen molar-refractivity contribution in [2.24, 2.45) is 0 Å². The van der Waals surface area contributed by atoms with E-state index in [4.69, 9.17) is 9.26 Å². The fourth-order valence-corrected chi connectivity index (χ4v) is 2.17. The van der Waals surface area contributed by atoms with Crippen molar-refractivity contribution in [3.05, 3.63) is 65.5 Å². The number of aryl methyl sites for hydroxylation is 1. The summed E-state index contributed by atoms with van der Waals surface area (Å²) in [4.78, 5) is 16.4. The Bertz CT molecular complexity index is 841. The maximum atomic E-state index is 12.1. The first-order valence-corrected chi connectivity index (χ1v) is 7.47. The van der Waals surface area contributed by atoms with Crippen LogP contribution in [-0.4, -0.2) is 23.2 Å². The summed E-state index contributed by atoms with van der Waals surface area (Å²) in [7, 11) is 1.56. The van der Waals surface area contributed by atoms with Crippen molar-refractivity contribution >= 4 is 5.91 Å². The van der Waals surface area contributed by atoms with Gasteiger partial charge in [-0.1, -0.05) is 41.1 Å². The minimum atomic E-state index is -0.232. The molecule has 1 N–H and O–H groups in total. The monoisotopic (exact) mass is 323 g/mol. The van der Waals surface area contributed by atoms with Gasteiger partial charge in [-0.3, -0.25) is 4.79 Å². The SMILES string of the molecule is COc1cccc(C(=O)NCc2nc(-c3ccc(C)cc3)no2)c1. The molecule has 122 valence electrons. The number of carbonyl (C=O) groups excluding carboxylic acids is 1. The molecular formula is C18H17N3O3. The summed E-state index contributed by atoms with van der Waals surface area (Å²) in [6.45, 7) is 2.18. The van der Waals surface area contributed by atoms with E-state index in [0.29, 0.717) is 23.0 Å². The van der Waals surface area contributed by atoms with Crippen molar-refractivity contribution in [3.8, 4) is 17.1 Å². The first kappa shape index (κ1) is 15.7. The van der Waals surface area contributed by atoms with Crippen molar-refractivity contribution in [1.82, 2.24) is 15.5 Å². The number of aromatic nitrogens is 2. The number of methoxy groups -OCH3 is 1. The van der Waals surface area contributed by atoms with Crippen LogP contribution >= 0.6 is 0 Å². The van der Waals surface area contributed by atoms with Crippen LogP contribution in [0.2, 0.25) is 0 Å². The fraction of sp³-hybridized carbons (Fsp3) is 0.167. The molecule has 2 aromatic carbocycles. The zero-order chi connectivity index (χ0) is 16.9. The van der Waals surface area contributed by atoms with E-state index in [1.165, 1.54) is 0 Å². The summed E-state index contributed by atoms with van der Waals surface area (Å²) in [6, 6.07) is 14.7. The lowest BCUT2D eigenvalue weighted by Gasteiger charge is -2.04. The van der Waals surface area contributed by atoms with Gasteiger partial charge in [0.15, 0.2) is 0 Å². The van der Waals surface area contributed by atoms with Gasteiger partial charge in [-0.05, 0) is 25.1 Å². The Morgan fingerprint density at radius 3 is 2.75 bits per heavy atom. The molecule has 0 aliphatic rings. The summed E-state index contributed by atoms with van der Waals surface area (Å²) < 4.78 is 10.3. The number of nitrogens with one attached hydrogen (secondary N) is 1. The van der Waals surface area contributed by atoms with Crippen molar-refractivity contribution in [2.75, 3.05) is 7.11 Å². The molecule has 0 fully saturated rings. The van der Waals surface area contributed by atoms with E-state index in [-0.39, 0.29) is 12.5 Å². The number of hydrogen-bond donors (Lipinski definition) is 1. The summed E-state index contributed by atoms with van der Waals surface area (Å²) in [5.74, 6) is 1.24. The highest BCUT2D eigenvalue weighted by Gasteiger charge is 2.11. The second-order valence-corrected chi connectivity index (χ2v) is 5.29. The van der Waals surface area contributed by atoms with E-state index in [1.54, 1.807) is 31.4 Å². The van der Waals surface area contributed by atoms with Crippen LogP contribution in [0.5, 0.6) is 5.75 Å². The zero-order valence-corrected chi connectivity index (χ0v) is 13.4. The standard InChI is InChI=1S/C18H17N3O3/c1-12-6-8-13(9-7-12)17-20-16(24-21-17)11-19-18(22)14-4-3-5-15(10-14)23-2/h3-10H,11H2,1-2H3,(H,19,22). The highest BCUT2D eigenvalue weighted by molar-refractivity contribution is 5.94. The van der Waals surface area contributed by atoms with Gasteiger partial charge < -0.3 is 14.6 Å². The van der Waals surface area contributed by atoms with E-state index >= 15 is 0 Å². The molecule has 6 nitrogen and oxygen atoms in total. The first-order valence-electron chi connectivity index (χ1n) is 7.47. The maximum absolute atomic E-state index is 12.1. The van der Waals surface area contributed by atoms with Gasteiger partial charge in [0.2, 0.25) is 11.7 Å². The molecule has 3 rings (SSSR count). The molecule has 0 bridgehead atoms. The van der Waals surface area contributed by atoms with Crippen LogP contribution in [0.1, 0.15) is 21.8 Å². The lowest BCUT2D eigenvalue weighted by atomic mass is 10.1. The predicted molar refractivity (Wildman–Crippen MR) is 88.6 cm³/mol. The van der Waals surface area contributed by atoms with E-state index in [9.17, 15) is 4.79 Å². The molecule has 1 amide bonds. The number of benzene rings is 2. The van der Waals surface area contributed by atoms with Crippen molar-refractivity contribution < 1.29 is 14.1 Å². The molecule has 0 unspecified atom stereocenters. The van der Waals surface area contributed by atoms with E-state index in [2.05, 4.69) is 15.5 Å². The Labute approximate surface area is 139 Å². The zero-order valence-electron chi connectivity index (χ0n) is 13.4.